The summed E-state index contributed by atoms with van der Waals surface area (Å²) in [5.74, 6) is 0. The van der Waals surface area contributed by atoms with E-state index in [2.05, 4.69) is 6.92 Å². The number of hydrogen-bond acceptors (Lipinski definition) is 1. The summed E-state index contributed by atoms with van der Waals surface area (Å²) in [7, 11) is 0. The molecule has 0 aliphatic rings. The van der Waals surface area contributed by atoms with E-state index in [1.165, 1.54) is 38.5 Å². The SMILES string of the molecule is C/C=C\CC(O)CCCCCCCC. The van der Waals surface area contributed by atoms with Crippen molar-refractivity contribution < 1.29 is 5.11 Å². The van der Waals surface area contributed by atoms with E-state index in [1.807, 2.05) is 19.1 Å². The first-order valence-electron chi connectivity index (χ1n) is 6.10. The molecular formula is C13H26O. The van der Waals surface area contributed by atoms with E-state index in [9.17, 15) is 5.11 Å². The highest BCUT2D eigenvalue weighted by molar-refractivity contribution is 4.79. The van der Waals surface area contributed by atoms with Crippen LogP contribution in [-0.4, -0.2) is 11.2 Å². The molecule has 0 amide bonds. The molecule has 1 nitrogen and oxygen atoms in total. The Kier molecular flexibility index (Phi) is 10.5. The first-order valence-corrected chi connectivity index (χ1v) is 6.10. The van der Waals surface area contributed by atoms with E-state index < -0.39 is 0 Å². The first kappa shape index (κ1) is 13.7. The lowest BCUT2D eigenvalue weighted by Crippen LogP contribution is -2.04. The molecule has 0 heterocycles. The number of aliphatic hydroxyl groups is 1. The number of aliphatic hydroxyl groups excluding tert-OH is 1. The van der Waals surface area contributed by atoms with Gasteiger partial charge in [0.15, 0.2) is 0 Å². The van der Waals surface area contributed by atoms with Gasteiger partial charge in [0.1, 0.15) is 0 Å². The van der Waals surface area contributed by atoms with Crippen molar-refractivity contribution >= 4 is 0 Å². The molecular weight excluding hydrogens is 172 g/mol. The molecule has 14 heavy (non-hydrogen) atoms. The van der Waals surface area contributed by atoms with E-state index in [0.29, 0.717) is 0 Å². The van der Waals surface area contributed by atoms with Crippen molar-refractivity contribution in [2.75, 3.05) is 0 Å². The molecule has 1 atom stereocenters. The third-order valence-corrected chi connectivity index (χ3v) is 2.53. The monoisotopic (exact) mass is 198 g/mol. The van der Waals surface area contributed by atoms with Gasteiger partial charge in [-0.25, -0.2) is 0 Å². The molecule has 0 spiro atoms. The van der Waals surface area contributed by atoms with Gasteiger partial charge in [0.25, 0.3) is 0 Å². The maximum Gasteiger partial charge on any atom is 0.0574 e. The van der Waals surface area contributed by atoms with Gasteiger partial charge in [-0.2, -0.15) is 0 Å². The fourth-order valence-corrected chi connectivity index (χ4v) is 1.57. The number of rotatable bonds is 9. The van der Waals surface area contributed by atoms with Gasteiger partial charge >= 0.3 is 0 Å². The summed E-state index contributed by atoms with van der Waals surface area (Å²) in [6.45, 7) is 4.23. The summed E-state index contributed by atoms with van der Waals surface area (Å²) in [6.07, 6.45) is 13.6. The Morgan fingerprint density at radius 2 is 1.71 bits per heavy atom. The zero-order chi connectivity index (χ0) is 10.6. The van der Waals surface area contributed by atoms with Crippen molar-refractivity contribution in [3.63, 3.8) is 0 Å². The van der Waals surface area contributed by atoms with Crippen molar-refractivity contribution in [3.8, 4) is 0 Å². The Morgan fingerprint density at radius 3 is 2.36 bits per heavy atom. The average molecular weight is 198 g/mol. The van der Waals surface area contributed by atoms with Crippen LogP contribution in [0, 0.1) is 0 Å². The van der Waals surface area contributed by atoms with E-state index in [1.54, 1.807) is 0 Å². The summed E-state index contributed by atoms with van der Waals surface area (Å²) in [6, 6.07) is 0. The second kappa shape index (κ2) is 10.8. The lowest BCUT2D eigenvalue weighted by atomic mass is 10.1. The van der Waals surface area contributed by atoms with Gasteiger partial charge in [0, 0.05) is 0 Å². The number of unbranched alkanes of at least 4 members (excludes halogenated alkanes) is 5. The molecule has 1 N–H and O–H groups in total. The summed E-state index contributed by atoms with van der Waals surface area (Å²) >= 11 is 0. The lowest BCUT2D eigenvalue weighted by molar-refractivity contribution is 0.163. The highest BCUT2D eigenvalue weighted by atomic mass is 16.3. The topological polar surface area (TPSA) is 20.2 Å². The van der Waals surface area contributed by atoms with Gasteiger partial charge in [-0.05, 0) is 19.8 Å². The molecule has 1 unspecified atom stereocenters. The van der Waals surface area contributed by atoms with E-state index in [-0.39, 0.29) is 6.10 Å². The Morgan fingerprint density at radius 1 is 1.07 bits per heavy atom. The smallest absolute Gasteiger partial charge is 0.0574 e. The molecule has 0 aromatic carbocycles. The molecule has 1 heteroatoms. The number of hydrogen-bond donors (Lipinski definition) is 1. The quantitative estimate of drug-likeness (QED) is 0.437. The fraction of sp³-hybridized carbons (Fsp3) is 0.846. The van der Waals surface area contributed by atoms with Crippen LogP contribution < -0.4 is 0 Å². The largest absolute Gasteiger partial charge is 0.393 e. The molecule has 0 saturated carbocycles. The van der Waals surface area contributed by atoms with Crippen LogP contribution in [0.25, 0.3) is 0 Å². The summed E-state index contributed by atoms with van der Waals surface area (Å²) in [4.78, 5) is 0. The zero-order valence-electron chi connectivity index (χ0n) is 9.84. The third-order valence-electron chi connectivity index (χ3n) is 2.53. The minimum absolute atomic E-state index is 0.114. The molecule has 0 aromatic heterocycles. The summed E-state index contributed by atoms with van der Waals surface area (Å²) in [5.41, 5.74) is 0. The van der Waals surface area contributed by atoms with E-state index in [4.69, 9.17) is 0 Å². The van der Waals surface area contributed by atoms with Crippen molar-refractivity contribution in [1.29, 1.82) is 0 Å². The minimum Gasteiger partial charge on any atom is -0.393 e. The standard InChI is InChI=1S/C13H26O/c1-3-5-7-8-9-10-12-13(14)11-6-4-2/h4,6,13-14H,3,5,7-12H2,1-2H3/b6-4-. The normalized spacial score (nSPS) is 13.6. The number of allylic oxidation sites excluding steroid dienone is 1. The van der Waals surface area contributed by atoms with Gasteiger partial charge in [0.2, 0.25) is 0 Å². The molecule has 0 aliphatic carbocycles. The van der Waals surface area contributed by atoms with Crippen molar-refractivity contribution in [3.05, 3.63) is 12.2 Å². The molecule has 0 aromatic rings. The van der Waals surface area contributed by atoms with Crippen LogP contribution >= 0.6 is 0 Å². The summed E-state index contributed by atoms with van der Waals surface area (Å²) in [5, 5.41) is 9.53. The van der Waals surface area contributed by atoms with E-state index in [0.717, 1.165) is 12.8 Å². The Hall–Kier alpha value is -0.300. The Labute approximate surface area is 89.2 Å². The first-order chi connectivity index (χ1) is 6.81. The summed E-state index contributed by atoms with van der Waals surface area (Å²) < 4.78 is 0. The van der Waals surface area contributed by atoms with Gasteiger partial charge in [-0.1, -0.05) is 57.6 Å². The van der Waals surface area contributed by atoms with Crippen molar-refractivity contribution in [1.82, 2.24) is 0 Å². The van der Waals surface area contributed by atoms with E-state index >= 15 is 0 Å². The predicted molar refractivity (Wildman–Crippen MR) is 63.4 cm³/mol. The lowest BCUT2D eigenvalue weighted by Gasteiger charge is -2.07. The Bertz CT molecular complexity index is 129. The second-order valence-electron chi connectivity index (χ2n) is 4.02. The maximum atomic E-state index is 9.53. The molecule has 0 saturated heterocycles. The molecule has 0 rings (SSSR count). The molecule has 84 valence electrons. The van der Waals surface area contributed by atoms with Gasteiger partial charge in [-0.3, -0.25) is 0 Å². The predicted octanol–water partition coefficient (Wildman–Crippen LogP) is 4.06. The molecule has 0 fully saturated rings. The minimum atomic E-state index is -0.114. The van der Waals surface area contributed by atoms with Crippen LogP contribution in [0.2, 0.25) is 0 Å². The Balaban J connectivity index is 3.10. The second-order valence-corrected chi connectivity index (χ2v) is 4.02. The zero-order valence-corrected chi connectivity index (χ0v) is 9.84. The van der Waals surface area contributed by atoms with Crippen molar-refractivity contribution in [2.24, 2.45) is 0 Å². The maximum absolute atomic E-state index is 9.53. The van der Waals surface area contributed by atoms with Gasteiger partial charge < -0.3 is 5.11 Å². The van der Waals surface area contributed by atoms with Gasteiger partial charge in [0.05, 0.1) is 6.10 Å². The molecule has 0 bridgehead atoms. The van der Waals surface area contributed by atoms with Crippen molar-refractivity contribution in [2.45, 2.75) is 71.3 Å². The van der Waals surface area contributed by atoms with Crippen LogP contribution in [0.15, 0.2) is 12.2 Å². The van der Waals surface area contributed by atoms with Crippen LogP contribution in [-0.2, 0) is 0 Å². The van der Waals surface area contributed by atoms with Gasteiger partial charge in [-0.15, -0.1) is 0 Å². The van der Waals surface area contributed by atoms with Crippen LogP contribution in [0.4, 0.5) is 0 Å². The molecule has 0 radical (unpaired) electrons. The third kappa shape index (κ3) is 9.79. The van der Waals surface area contributed by atoms with Crippen LogP contribution in [0.5, 0.6) is 0 Å². The highest BCUT2D eigenvalue weighted by Gasteiger charge is 2.00. The van der Waals surface area contributed by atoms with Crippen LogP contribution in [0.1, 0.15) is 65.2 Å². The molecule has 0 aliphatic heterocycles. The fourth-order valence-electron chi connectivity index (χ4n) is 1.57. The highest BCUT2D eigenvalue weighted by Crippen LogP contribution is 2.10. The average Bonchev–Trinajstić information content (AvgIpc) is 2.20. The van der Waals surface area contributed by atoms with Crippen LogP contribution in [0.3, 0.4) is 0 Å².